The van der Waals surface area contributed by atoms with Crippen molar-refractivity contribution in [1.29, 1.82) is 0 Å². The summed E-state index contributed by atoms with van der Waals surface area (Å²) in [6.45, 7) is 3.07. The van der Waals surface area contributed by atoms with Gasteiger partial charge >= 0.3 is 6.09 Å². The molecule has 0 aliphatic carbocycles. The molecule has 1 aliphatic heterocycles. The maximum absolute atomic E-state index is 11.0. The summed E-state index contributed by atoms with van der Waals surface area (Å²) in [6.07, 6.45) is 1.69. The molecular formula is C12H17ClN4O2. The molecule has 1 saturated heterocycles. The molecule has 19 heavy (non-hydrogen) atoms. The Morgan fingerprint density at radius 1 is 1.63 bits per heavy atom. The van der Waals surface area contributed by atoms with Crippen LogP contribution >= 0.6 is 11.6 Å². The van der Waals surface area contributed by atoms with Crippen LogP contribution in [0.4, 0.5) is 10.6 Å². The Bertz CT molecular complexity index is 469. The van der Waals surface area contributed by atoms with Crippen LogP contribution in [0.15, 0.2) is 6.07 Å². The smallest absolute Gasteiger partial charge is 0.407 e. The van der Waals surface area contributed by atoms with E-state index in [1.165, 1.54) is 4.90 Å². The van der Waals surface area contributed by atoms with Gasteiger partial charge in [0.25, 0.3) is 0 Å². The van der Waals surface area contributed by atoms with Gasteiger partial charge in [0.05, 0.1) is 0 Å². The molecule has 2 heterocycles. The molecule has 7 heteroatoms. The van der Waals surface area contributed by atoms with Gasteiger partial charge in [-0.05, 0) is 30.9 Å². The molecule has 0 radical (unpaired) electrons. The minimum Gasteiger partial charge on any atom is -0.465 e. The molecule has 0 bridgehead atoms. The number of likely N-dealkylation sites (tertiary alicyclic amines) is 1. The minimum absolute atomic E-state index is 0.0741. The lowest BCUT2D eigenvalue weighted by Gasteiger charge is -2.31. The molecule has 0 unspecified atom stereocenters. The number of rotatable bonds is 3. The highest BCUT2D eigenvalue weighted by Gasteiger charge is 2.23. The lowest BCUT2D eigenvalue weighted by molar-refractivity contribution is 0.133. The van der Waals surface area contributed by atoms with Gasteiger partial charge in [0.1, 0.15) is 5.82 Å². The van der Waals surface area contributed by atoms with Crippen LogP contribution in [-0.4, -0.2) is 45.4 Å². The van der Waals surface area contributed by atoms with Gasteiger partial charge in [0, 0.05) is 19.1 Å². The lowest BCUT2D eigenvalue weighted by atomic mass is 10.1. The van der Waals surface area contributed by atoms with Gasteiger partial charge < -0.3 is 15.3 Å². The van der Waals surface area contributed by atoms with E-state index in [-0.39, 0.29) is 6.04 Å². The number of halogens is 1. The number of aryl methyl sites for hydroxylation is 1. The van der Waals surface area contributed by atoms with E-state index in [0.29, 0.717) is 24.1 Å². The van der Waals surface area contributed by atoms with Crippen molar-refractivity contribution in [2.45, 2.75) is 32.2 Å². The van der Waals surface area contributed by atoms with Crippen molar-refractivity contribution < 1.29 is 9.90 Å². The quantitative estimate of drug-likeness (QED) is 0.890. The van der Waals surface area contributed by atoms with E-state index in [0.717, 1.165) is 24.8 Å². The largest absolute Gasteiger partial charge is 0.465 e. The minimum atomic E-state index is -0.872. The van der Waals surface area contributed by atoms with Crippen molar-refractivity contribution in [3.8, 4) is 0 Å². The number of hydrogen-bond donors (Lipinski definition) is 2. The number of nitrogens with one attached hydrogen (secondary N) is 1. The first-order valence-electron chi connectivity index (χ1n) is 6.36. The molecule has 0 saturated carbocycles. The molecular weight excluding hydrogens is 268 g/mol. The van der Waals surface area contributed by atoms with Crippen LogP contribution < -0.4 is 5.32 Å². The average Bonchev–Trinajstić information content (AvgIpc) is 2.41. The molecule has 0 aromatic carbocycles. The van der Waals surface area contributed by atoms with E-state index >= 15 is 0 Å². The maximum atomic E-state index is 11.0. The Morgan fingerprint density at radius 3 is 3.11 bits per heavy atom. The van der Waals surface area contributed by atoms with Crippen LogP contribution in [0.3, 0.4) is 0 Å². The number of aromatic nitrogens is 2. The van der Waals surface area contributed by atoms with Crippen molar-refractivity contribution in [2.24, 2.45) is 0 Å². The Morgan fingerprint density at radius 2 is 2.42 bits per heavy atom. The number of amides is 1. The van der Waals surface area contributed by atoms with E-state index in [1.54, 1.807) is 0 Å². The van der Waals surface area contributed by atoms with Crippen molar-refractivity contribution in [2.75, 3.05) is 18.4 Å². The highest BCUT2D eigenvalue weighted by atomic mass is 35.5. The van der Waals surface area contributed by atoms with E-state index < -0.39 is 6.09 Å². The van der Waals surface area contributed by atoms with Gasteiger partial charge in [-0.15, -0.1) is 10.2 Å². The number of nitrogens with zero attached hydrogens (tertiary/aromatic N) is 3. The fourth-order valence-electron chi connectivity index (χ4n) is 2.21. The van der Waals surface area contributed by atoms with Gasteiger partial charge in [-0.1, -0.05) is 18.5 Å². The molecule has 0 spiro atoms. The van der Waals surface area contributed by atoms with Gasteiger partial charge in [-0.3, -0.25) is 0 Å². The first kappa shape index (κ1) is 13.9. The van der Waals surface area contributed by atoms with Gasteiger partial charge in [0.15, 0.2) is 5.15 Å². The number of anilines is 1. The molecule has 2 N–H and O–H groups in total. The third-order valence-corrected chi connectivity index (χ3v) is 3.56. The Balaban J connectivity index is 2.02. The molecule has 1 aromatic heterocycles. The number of piperidine rings is 1. The highest BCUT2D eigenvalue weighted by molar-refractivity contribution is 6.30. The lowest BCUT2D eigenvalue weighted by Crippen LogP contribution is -2.44. The summed E-state index contributed by atoms with van der Waals surface area (Å²) < 4.78 is 0. The summed E-state index contributed by atoms with van der Waals surface area (Å²) in [6, 6.07) is 1.94. The van der Waals surface area contributed by atoms with Crippen LogP contribution in [0.25, 0.3) is 0 Å². The Labute approximate surface area is 116 Å². The predicted molar refractivity (Wildman–Crippen MR) is 72.7 cm³/mol. The van der Waals surface area contributed by atoms with E-state index in [2.05, 4.69) is 15.5 Å². The van der Waals surface area contributed by atoms with Gasteiger partial charge in [-0.2, -0.15) is 0 Å². The fraction of sp³-hybridized carbons (Fsp3) is 0.583. The molecule has 2 rings (SSSR count). The van der Waals surface area contributed by atoms with E-state index in [4.69, 9.17) is 16.7 Å². The number of carbonyl (C=O) groups is 1. The second-order valence-corrected chi connectivity index (χ2v) is 4.97. The summed E-state index contributed by atoms with van der Waals surface area (Å²) in [5, 5.41) is 20.5. The highest BCUT2D eigenvalue weighted by Crippen LogP contribution is 2.18. The van der Waals surface area contributed by atoms with Gasteiger partial charge in [-0.25, -0.2) is 4.79 Å². The summed E-state index contributed by atoms with van der Waals surface area (Å²) in [7, 11) is 0. The number of hydrogen-bond acceptors (Lipinski definition) is 4. The fourth-order valence-corrected chi connectivity index (χ4v) is 2.44. The molecule has 1 fully saturated rings. The SMILES string of the molecule is CCc1cc(N[C@@H]2CCCN(C(=O)O)C2)nnc1Cl. The van der Waals surface area contributed by atoms with E-state index in [1.807, 2.05) is 13.0 Å². The monoisotopic (exact) mass is 284 g/mol. The molecule has 104 valence electrons. The van der Waals surface area contributed by atoms with Crippen LogP contribution in [0.2, 0.25) is 5.15 Å². The molecule has 1 amide bonds. The zero-order chi connectivity index (χ0) is 13.8. The van der Waals surface area contributed by atoms with Crippen LogP contribution in [-0.2, 0) is 6.42 Å². The van der Waals surface area contributed by atoms with Crippen LogP contribution in [0.5, 0.6) is 0 Å². The molecule has 1 aromatic rings. The second-order valence-electron chi connectivity index (χ2n) is 4.61. The zero-order valence-electron chi connectivity index (χ0n) is 10.8. The average molecular weight is 285 g/mol. The topological polar surface area (TPSA) is 78.4 Å². The van der Waals surface area contributed by atoms with Crippen LogP contribution in [0, 0.1) is 0 Å². The van der Waals surface area contributed by atoms with Crippen molar-refractivity contribution in [3.05, 3.63) is 16.8 Å². The Hall–Kier alpha value is -1.56. The van der Waals surface area contributed by atoms with E-state index in [9.17, 15) is 4.79 Å². The summed E-state index contributed by atoms with van der Waals surface area (Å²) in [5.41, 5.74) is 0.935. The second kappa shape index (κ2) is 6.06. The normalized spacial score (nSPS) is 19.3. The summed E-state index contributed by atoms with van der Waals surface area (Å²) in [5.74, 6) is 0.651. The Kier molecular flexibility index (Phi) is 4.42. The van der Waals surface area contributed by atoms with Crippen LogP contribution in [0.1, 0.15) is 25.3 Å². The third-order valence-electron chi connectivity index (χ3n) is 3.25. The van der Waals surface area contributed by atoms with Crippen molar-refractivity contribution >= 4 is 23.5 Å². The molecule has 1 aliphatic rings. The third kappa shape index (κ3) is 3.47. The molecule has 6 nitrogen and oxygen atoms in total. The van der Waals surface area contributed by atoms with Gasteiger partial charge in [0.2, 0.25) is 0 Å². The van der Waals surface area contributed by atoms with Crippen molar-refractivity contribution in [3.63, 3.8) is 0 Å². The first-order valence-corrected chi connectivity index (χ1v) is 6.74. The summed E-state index contributed by atoms with van der Waals surface area (Å²) >= 11 is 5.92. The first-order chi connectivity index (χ1) is 9.10. The predicted octanol–water partition coefficient (Wildman–Crippen LogP) is 2.25. The number of carboxylic acid groups (broad SMARTS) is 1. The maximum Gasteiger partial charge on any atom is 0.407 e. The standard InChI is InChI=1S/C12H17ClN4O2/c1-2-8-6-10(15-16-11(8)13)14-9-4-3-5-17(7-9)12(18)19/h6,9H,2-5,7H2,1H3,(H,14,15)(H,18,19)/t9-/m1/s1. The zero-order valence-corrected chi connectivity index (χ0v) is 11.5. The van der Waals surface area contributed by atoms with Crippen molar-refractivity contribution in [1.82, 2.24) is 15.1 Å². The summed E-state index contributed by atoms with van der Waals surface area (Å²) in [4.78, 5) is 12.4. The molecule has 1 atom stereocenters.